The summed E-state index contributed by atoms with van der Waals surface area (Å²) in [6, 6.07) is 15.2. The summed E-state index contributed by atoms with van der Waals surface area (Å²) in [4.78, 5) is 0. The first-order chi connectivity index (χ1) is 11.1. The van der Waals surface area contributed by atoms with Crippen LogP contribution in [-0.2, 0) is 38.1 Å². The van der Waals surface area contributed by atoms with Crippen LogP contribution in [0.2, 0.25) is 0 Å². The van der Waals surface area contributed by atoms with Crippen molar-refractivity contribution in [2.75, 3.05) is 0 Å². The first-order valence-corrected chi connectivity index (χ1v) is 14.6. The molecule has 0 nitrogen and oxygen atoms in total. The van der Waals surface area contributed by atoms with Crippen molar-refractivity contribution in [3.63, 3.8) is 0 Å². The third-order valence-corrected chi connectivity index (χ3v) is 4.46. The SMILES string of the molecule is CC(C)(C)c1[c-]c2c(cc1)-c1ccc(C(C)(C)C)cc1C2.[Cl][Zr][Cl]. The normalized spacial score (nSPS) is 12.8. The van der Waals surface area contributed by atoms with E-state index < -0.39 is 20.8 Å². The van der Waals surface area contributed by atoms with Crippen LogP contribution in [0.25, 0.3) is 11.1 Å². The quantitative estimate of drug-likeness (QED) is 0.330. The van der Waals surface area contributed by atoms with Crippen LogP contribution < -0.4 is 0 Å². The molecule has 1 aliphatic carbocycles. The fraction of sp³-hybridized carbons (Fsp3) is 0.429. The van der Waals surface area contributed by atoms with Crippen molar-refractivity contribution in [3.8, 4) is 11.1 Å². The Balaban J connectivity index is 0.000000647. The van der Waals surface area contributed by atoms with Gasteiger partial charge in [0.25, 0.3) is 0 Å². The summed E-state index contributed by atoms with van der Waals surface area (Å²) in [5.74, 6) is 0. The first-order valence-electron chi connectivity index (χ1n) is 8.23. The van der Waals surface area contributed by atoms with E-state index in [0.717, 1.165) is 6.42 Å². The molecule has 3 rings (SSSR count). The second-order valence-corrected chi connectivity index (χ2v) is 12.1. The van der Waals surface area contributed by atoms with E-state index in [1.165, 1.54) is 33.4 Å². The Morgan fingerprint density at radius 2 is 1.46 bits per heavy atom. The van der Waals surface area contributed by atoms with E-state index in [-0.39, 0.29) is 10.8 Å². The van der Waals surface area contributed by atoms with E-state index in [2.05, 4.69) is 77.9 Å². The molecule has 2 aromatic rings. The van der Waals surface area contributed by atoms with Gasteiger partial charge in [0.2, 0.25) is 0 Å². The summed E-state index contributed by atoms with van der Waals surface area (Å²) in [6.45, 7) is 13.6. The zero-order valence-corrected chi connectivity index (χ0v) is 19.3. The third kappa shape index (κ3) is 4.54. The molecule has 0 radical (unpaired) electrons. The van der Waals surface area contributed by atoms with Crippen molar-refractivity contribution in [1.82, 2.24) is 0 Å². The van der Waals surface area contributed by atoms with Gasteiger partial charge in [0, 0.05) is 0 Å². The van der Waals surface area contributed by atoms with Crippen LogP contribution in [0.5, 0.6) is 0 Å². The standard InChI is InChI=1S/C21H25.2ClH.Zr/c1-20(2,3)16-7-9-18-14(12-16)11-15-13-17(21(4,5)6)8-10-19(15)18;;;/h7-10,12H,11H2,1-6H3;2*1H;/q-1;;;+2/p-2. The van der Waals surface area contributed by atoms with Crippen LogP contribution in [0.15, 0.2) is 30.3 Å². The van der Waals surface area contributed by atoms with E-state index in [0.29, 0.717) is 0 Å². The van der Waals surface area contributed by atoms with Crippen molar-refractivity contribution >= 4 is 17.0 Å². The molecular weight excluding hydrogens is 414 g/mol. The zero-order chi connectivity index (χ0) is 18.1. The number of fused-ring (bicyclic) bond motifs is 3. The van der Waals surface area contributed by atoms with E-state index >= 15 is 0 Å². The summed E-state index contributed by atoms with van der Waals surface area (Å²) in [5, 5.41) is 0. The minimum absolute atomic E-state index is 0.167. The molecule has 0 saturated heterocycles. The second-order valence-electron chi connectivity index (χ2n) is 8.38. The average molecular weight is 440 g/mol. The Kier molecular flexibility index (Phi) is 6.44. The molecule has 0 bridgehead atoms. The van der Waals surface area contributed by atoms with Crippen molar-refractivity contribution in [2.45, 2.75) is 58.8 Å². The van der Waals surface area contributed by atoms with Gasteiger partial charge >= 0.3 is 37.9 Å². The predicted molar refractivity (Wildman–Crippen MR) is 103 cm³/mol. The molecule has 0 spiro atoms. The summed E-state index contributed by atoms with van der Waals surface area (Å²) in [5.41, 5.74) is 8.70. The van der Waals surface area contributed by atoms with Gasteiger partial charge in [-0.2, -0.15) is 23.8 Å². The molecule has 2 aromatic carbocycles. The number of benzene rings is 2. The molecule has 1 aliphatic rings. The predicted octanol–water partition coefficient (Wildman–Crippen LogP) is 7.03. The first kappa shape index (κ1) is 20.2. The van der Waals surface area contributed by atoms with Gasteiger partial charge in [-0.3, -0.25) is 0 Å². The molecule has 0 N–H and O–H groups in total. The molecule has 0 fully saturated rings. The molecule has 3 heteroatoms. The average Bonchev–Trinajstić information content (AvgIpc) is 2.82. The maximum atomic E-state index is 4.93. The van der Waals surface area contributed by atoms with Crippen LogP contribution in [0.3, 0.4) is 0 Å². The van der Waals surface area contributed by atoms with Crippen LogP contribution in [-0.4, -0.2) is 0 Å². The summed E-state index contributed by atoms with van der Waals surface area (Å²) < 4.78 is 0. The van der Waals surface area contributed by atoms with Gasteiger partial charge in [-0.05, 0) is 28.4 Å². The molecule has 24 heavy (non-hydrogen) atoms. The number of halogens is 2. The molecule has 128 valence electrons. The summed E-state index contributed by atoms with van der Waals surface area (Å²) >= 11 is -0.826. The molecular formula is C21H25Cl2Zr-. The topological polar surface area (TPSA) is 0 Å². The van der Waals surface area contributed by atoms with Crippen molar-refractivity contribution in [1.29, 1.82) is 0 Å². The molecule has 0 aromatic heterocycles. The Morgan fingerprint density at radius 3 is 2.00 bits per heavy atom. The molecule has 0 saturated carbocycles. The molecule has 0 amide bonds. The van der Waals surface area contributed by atoms with Crippen LogP contribution in [0.4, 0.5) is 0 Å². The number of hydrogen-bond acceptors (Lipinski definition) is 0. The fourth-order valence-corrected chi connectivity index (χ4v) is 3.03. The molecule has 0 atom stereocenters. The van der Waals surface area contributed by atoms with Crippen LogP contribution in [0.1, 0.15) is 63.8 Å². The van der Waals surface area contributed by atoms with Gasteiger partial charge in [-0.25, -0.2) is 0 Å². The molecule has 0 unspecified atom stereocenters. The van der Waals surface area contributed by atoms with Gasteiger partial charge in [0.1, 0.15) is 0 Å². The summed E-state index contributed by atoms with van der Waals surface area (Å²) in [7, 11) is 9.87. The van der Waals surface area contributed by atoms with Gasteiger partial charge in [-0.1, -0.05) is 65.3 Å². The maximum absolute atomic E-state index is 4.93. The van der Waals surface area contributed by atoms with Gasteiger partial charge < -0.3 is 0 Å². The monoisotopic (exact) mass is 437 g/mol. The van der Waals surface area contributed by atoms with Gasteiger partial charge in [-0.15, -0.1) is 11.1 Å². The van der Waals surface area contributed by atoms with Crippen LogP contribution in [0, 0.1) is 6.07 Å². The van der Waals surface area contributed by atoms with Crippen LogP contribution >= 0.6 is 17.0 Å². The van der Waals surface area contributed by atoms with E-state index in [9.17, 15) is 0 Å². The van der Waals surface area contributed by atoms with Gasteiger partial charge in [0.15, 0.2) is 0 Å². The van der Waals surface area contributed by atoms with Crippen molar-refractivity contribution in [2.24, 2.45) is 0 Å². The van der Waals surface area contributed by atoms with Gasteiger partial charge in [0.05, 0.1) is 0 Å². The van der Waals surface area contributed by atoms with E-state index in [4.69, 9.17) is 17.0 Å². The third-order valence-electron chi connectivity index (χ3n) is 4.46. The minimum atomic E-state index is -0.826. The van der Waals surface area contributed by atoms with Crippen molar-refractivity contribution in [3.05, 3.63) is 58.7 Å². The van der Waals surface area contributed by atoms with Crippen molar-refractivity contribution < 1.29 is 20.8 Å². The Hall–Kier alpha value is -0.0969. The number of hydrogen-bond donors (Lipinski definition) is 0. The summed E-state index contributed by atoms with van der Waals surface area (Å²) in [6.07, 6.45) is 1.03. The zero-order valence-electron chi connectivity index (χ0n) is 15.3. The number of rotatable bonds is 0. The fourth-order valence-electron chi connectivity index (χ4n) is 3.03. The molecule has 0 heterocycles. The Labute approximate surface area is 165 Å². The molecule has 0 aliphatic heterocycles. The van der Waals surface area contributed by atoms with E-state index in [1.54, 1.807) is 0 Å². The Morgan fingerprint density at radius 1 is 0.875 bits per heavy atom. The Bertz CT molecular complexity index is 660. The van der Waals surface area contributed by atoms with E-state index in [1.807, 2.05) is 0 Å². The second kappa shape index (κ2) is 7.65.